The SMILES string of the molecule is O=C(c1ccc(Cl)c(Cl)c1F)N1CCSCC1. The van der Waals surface area contributed by atoms with Gasteiger partial charge in [0.15, 0.2) is 5.82 Å². The molecule has 1 saturated heterocycles. The van der Waals surface area contributed by atoms with Crippen LogP contribution >= 0.6 is 35.0 Å². The van der Waals surface area contributed by atoms with Gasteiger partial charge in [-0.15, -0.1) is 0 Å². The number of carbonyl (C=O) groups is 1. The molecule has 0 radical (unpaired) electrons. The van der Waals surface area contributed by atoms with E-state index in [1.807, 2.05) is 0 Å². The van der Waals surface area contributed by atoms with Crippen molar-refractivity contribution in [2.45, 2.75) is 0 Å². The minimum absolute atomic E-state index is 0.00806. The largest absolute Gasteiger partial charge is 0.337 e. The number of rotatable bonds is 1. The van der Waals surface area contributed by atoms with Crippen molar-refractivity contribution in [3.63, 3.8) is 0 Å². The lowest BCUT2D eigenvalue weighted by molar-refractivity contribution is 0.0767. The van der Waals surface area contributed by atoms with Gasteiger partial charge in [0, 0.05) is 24.6 Å². The highest BCUT2D eigenvalue weighted by Crippen LogP contribution is 2.28. The summed E-state index contributed by atoms with van der Waals surface area (Å²) in [4.78, 5) is 13.7. The second-order valence-electron chi connectivity index (χ2n) is 3.63. The summed E-state index contributed by atoms with van der Waals surface area (Å²) in [6.07, 6.45) is 0. The first-order valence-corrected chi connectivity index (χ1v) is 7.03. The molecule has 0 N–H and O–H groups in total. The van der Waals surface area contributed by atoms with Crippen molar-refractivity contribution in [2.75, 3.05) is 24.6 Å². The lowest BCUT2D eigenvalue weighted by atomic mass is 10.2. The maximum absolute atomic E-state index is 13.8. The fraction of sp³-hybridized carbons (Fsp3) is 0.364. The topological polar surface area (TPSA) is 20.3 Å². The molecule has 0 atom stereocenters. The Morgan fingerprint density at radius 3 is 2.59 bits per heavy atom. The predicted octanol–water partition coefficient (Wildman–Crippen LogP) is 3.32. The van der Waals surface area contributed by atoms with Crippen LogP contribution in [-0.2, 0) is 0 Å². The number of benzene rings is 1. The first-order chi connectivity index (χ1) is 8.11. The molecule has 1 aliphatic heterocycles. The van der Waals surface area contributed by atoms with E-state index in [4.69, 9.17) is 23.2 Å². The smallest absolute Gasteiger partial charge is 0.256 e. The molecule has 1 aromatic carbocycles. The van der Waals surface area contributed by atoms with Crippen LogP contribution in [0, 0.1) is 5.82 Å². The van der Waals surface area contributed by atoms with Crippen molar-refractivity contribution in [2.24, 2.45) is 0 Å². The standard InChI is InChI=1S/C11H10Cl2FNOS/c12-8-2-1-7(10(14)9(8)13)11(16)15-3-5-17-6-4-15/h1-2H,3-6H2. The van der Waals surface area contributed by atoms with Crippen LogP contribution in [0.3, 0.4) is 0 Å². The van der Waals surface area contributed by atoms with E-state index in [1.54, 1.807) is 16.7 Å². The van der Waals surface area contributed by atoms with Crippen LogP contribution in [0.25, 0.3) is 0 Å². The molecule has 0 bridgehead atoms. The minimum atomic E-state index is -0.734. The Bertz CT molecular complexity index is 449. The third-order valence-corrected chi connectivity index (χ3v) is 4.29. The zero-order valence-corrected chi connectivity index (χ0v) is 11.2. The van der Waals surface area contributed by atoms with Crippen LogP contribution in [0.2, 0.25) is 10.0 Å². The van der Waals surface area contributed by atoms with Crippen LogP contribution in [0.4, 0.5) is 4.39 Å². The van der Waals surface area contributed by atoms with Crippen molar-refractivity contribution < 1.29 is 9.18 Å². The average Bonchev–Trinajstić information content (AvgIpc) is 2.36. The summed E-state index contributed by atoms with van der Waals surface area (Å²) >= 11 is 13.1. The first kappa shape index (κ1) is 13.0. The monoisotopic (exact) mass is 293 g/mol. The molecule has 1 aliphatic rings. The van der Waals surface area contributed by atoms with Crippen molar-refractivity contribution in [1.82, 2.24) is 4.90 Å². The molecule has 0 aliphatic carbocycles. The second-order valence-corrected chi connectivity index (χ2v) is 5.64. The Hall–Kier alpha value is -0.450. The van der Waals surface area contributed by atoms with Crippen molar-refractivity contribution in [3.05, 3.63) is 33.6 Å². The summed E-state index contributed by atoms with van der Waals surface area (Å²) in [5.41, 5.74) is -0.00806. The Morgan fingerprint density at radius 1 is 1.29 bits per heavy atom. The van der Waals surface area contributed by atoms with Gasteiger partial charge in [-0.3, -0.25) is 4.79 Å². The van der Waals surface area contributed by atoms with E-state index in [0.717, 1.165) is 11.5 Å². The van der Waals surface area contributed by atoms with E-state index in [9.17, 15) is 9.18 Å². The second kappa shape index (κ2) is 5.46. The molecule has 2 nitrogen and oxygen atoms in total. The van der Waals surface area contributed by atoms with Gasteiger partial charge in [0.05, 0.1) is 15.6 Å². The number of hydrogen-bond donors (Lipinski definition) is 0. The van der Waals surface area contributed by atoms with Crippen molar-refractivity contribution in [1.29, 1.82) is 0 Å². The molecule has 0 unspecified atom stereocenters. The lowest BCUT2D eigenvalue weighted by Gasteiger charge is -2.26. The first-order valence-electron chi connectivity index (χ1n) is 5.12. The predicted molar refractivity (Wildman–Crippen MR) is 69.6 cm³/mol. The molecule has 1 heterocycles. The Morgan fingerprint density at radius 2 is 1.94 bits per heavy atom. The van der Waals surface area contributed by atoms with E-state index >= 15 is 0 Å². The Kier molecular flexibility index (Phi) is 4.17. The zero-order chi connectivity index (χ0) is 12.4. The highest BCUT2D eigenvalue weighted by atomic mass is 35.5. The molecule has 17 heavy (non-hydrogen) atoms. The molecule has 6 heteroatoms. The molecular formula is C11H10Cl2FNOS. The summed E-state index contributed by atoms with van der Waals surface area (Å²) in [5.74, 6) is 0.715. The van der Waals surface area contributed by atoms with Crippen molar-refractivity contribution in [3.8, 4) is 0 Å². The summed E-state index contributed by atoms with van der Waals surface area (Å²) in [5, 5.41) is -0.0705. The van der Waals surface area contributed by atoms with E-state index in [0.29, 0.717) is 13.1 Å². The molecule has 92 valence electrons. The average molecular weight is 294 g/mol. The number of amides is 1. The number of nitrogens with zero attached hydrogens (tertiary/aromatic N) is 1. The zero-order valence-electron chi connectivity index (χ0n) is 8.88. The van der Waals surface area contributed by atoms with Crippen molar-refractivity contribution >= 4 is 40.9 Å². The maximum Gasteiger partial charge on any atom is 0.256 e. The third kappa shape index (κ3) is 2.69. The molecule has 0 spiro atoms. The Labute approximate surface area is 113 Å². The fourth-order valence-corrected chi connectivity index (χ4v) is 2.84. The van der Waals surface area contributed by atoms with E-state index in [1.165, 1.54) is 12.1 Å². The normalized spacial score (nSPS) is 16.1. The maximum atomic E-state index is 13.8. The molecule has 1 fully saturated rings. The van der Waals surface area contributed by atoms with E-state index in [-0.39, 0.29) is 21.5 Å². The van der Waals surface area contributed by atoms with Gasteiger partial charge in [0.1, 0.15) is 0 Å². The molecule has 1 aromatic rings. The van der Waals surface area contributed by atoms with Gasteiger partial charge < -0.3 is 4.90 Å². The molecular weight excluding hydrogens is 284 g/mol. The van der Waals surface area contributed by atoms with E-state index < -0.39 is 5.82 Å². The fourth-order valence-electron chi connectivity index (χ4n) is 1.63. The van der Waals surface area contributed by atoms with Crippen LogP contribution in [0.1, 0.15) is 10.4 Å². The summed E-state index contributed by atoms with van der Waals surface area (Å²) in [6.45, 7) is 1.28. The summed E-state index contributed by atoms with van der Waals surface area (Å²) in [6, 6.07) is 2.83. The van der Waals surface area contributed by atoms with Crippen LogP contribution in [-0.4, -0.2) is 35.4 Å². The van der Waals surface area contributed by atoms with Gasteiger partial charge in [0.2, 0.25) is 0 Å². The number of thioether (sulfide) groups is 1. The van der Waals surface area contributed by atoms with Gasteiger partial charge in [-0.25, -0.2) is 4.39 Å². The summed E-state index contributed by atoms with van der Waals surface area (Å²) in [7, 11) is 0. The van der Waals surface area contributed by atoms with Gasteiger partial charge >= 0.3 is 0 Å². The quantitative estimate of drug-likeness (QED) is 0.741. The molecule has 0 saturated carbocycles. The van der Waals surface area contributed by atoms with Crippen LogP contribution in [0.5, 0.6) is 0 Å². The van der Waals surface area contributed by atoms with Crippen LogP contribution < -0.4 is 0 Å². The van der Waals surface area contributed by atoms with E-state index in [2.05, 4.69) is 0 Å². The van der Waals surface area contributed by atoms with Gasteiger partial charge in [0.25, 0.3) is 5.91 Å². The van der Waals surface area contributed by atoms with Crippen LogP contribution in [0.15, 0.2) is 12.1 Å². The minimum Gasteiger partial charge on any atom is -0.337 e. The van der Waals surface area contributed by atoms with Gasteiger partial charge in [-0.1, -0.05) is 23.2 Å². The number of carbonyl (C=O) groups excluding carboxylic acids is 1. The number of halogens is 3. The Balaban J connectivity index is 2.27. The number of hydrogen-bond acceptors (Lipinski definition) is 2. The van der Waals surface area contributed by atoms with Gasteiger partial charge in [-0.2, -0.15) is 11.8 Å². The highest BCUT2D eigenvalue weighted by molar-refractivity contribution is 7.99. The molecule has 2 rings (SSSR count). The van der Waals surface area contributed by atoms with Gasteiger partial charge in [-0.05, 0) is 12.1 Å². The highest BCUT2D eigenvalue weighted by Gasteiger charge is 2.23. The summed E-state index contributed by atoms with van der Waals surface area (Å²) < 4.78 is 13.8. The third-order valence-electron chi connectivity index (χ3n) is 2.56. The molecule has 0 aromatic heterocycles. The molecule has 1 amide bonds. The lowest BCUT2D eigenvalue weighted by Crippen LogP contribution is -2.38.